The first-order valence-electron chi connectivity index (χ1n) is 7.79. The predicted molar refractivity (Wildman–Crippen MR) is 84.3 cm³/mol. The summed E-state index contributed by atoms with van der Waals surface area (Å²) in [5, 5.41) is 2.83. The Morgan fingerprint density at radius 2 is 1.81 bits per heavy atom. The molecular weight excluding hydrogens is 264 g/mol. The Kier molecular flexibility index (Phi) is 5.37. The summed E-state index contributed by atoms with van der Waals surface area (Å²) < 4.78 is 0. The Labute approximate surface area is 126 Å². The lowest BCUT2D eigenvalue weighted by molar-refractivity contribution is -0.116. The topological polar surface area (TPSA) is 49.4 Å². The number of rotatable bonds is 4. The van der Waals surface area contributed by atoms with E-state index in [1.165, 1.54) is 0 Å². The summed E-state index contributed by atoms with van der Waals surface area (Å²) in [6, 6.07) is 7.19. The molecule has 0 spiro atoms. The van der Waals surface area contributed by atoms with Gasteiger partial charge in [0.15, 0.2) is 0 Å². The molecule has 21 heavy (non-hydrogen) atoms. The van der Waals surface area contributed by atoms with Gasteiger partial charge in [0.05, 0.1) is 0 Å². The van der Waals surface area contributed by atoms with Gasteiger partial charge in [-0.15, -0.1) is 0 Å². The van der Waals surface area contributed by atoms with Crippen molar-refractivity contribution in [2.45, 2.75) is 39.5 Å². The molecule has 1 saturated heterocycles. The molecule has 2 amide bonds. The number of anilines is 1. The zero-order chi connectivity index (χ0) is 15.2. The van der Waals surface area contributed by atoms with Crippen LogP contribution >= 0.6 is 0 Å². The van der Waals surface area contributed by atoms with Crippen molar-refractivity contribution in [3.63, 3.8) is 0 Å². The van der Waals surface area contributed by atoms with Crippen molar-refractivity contribution < 1.29 is 9.59 Å². The Morgan fingerprint density at radius 3 is 2.38 bits per heavy atom. The van der Waals surface area contributed by atoms with Crippen LogP contribution in [0.5, 0.6) is 0 Å². The van der Waals surface area contributed by atoms with Gasteiger partial charge in [-0.2, -0.15) is 0 Å². The summed E-state index contributed by atoms with van der Waals surface area (Å²) in [6.07, 6.45) is 3.51. The first-order valence-corrected chi connectivity index (χ1v) is 7.79. The lowest BCUT2D eigenvalue weighted by Crippen LogP contribution is -2.37. The summed E-state index contributed by atoms with van der Waals surface area (Å²) in [4.78, 5) is 25.8. The molecule has 4 nitrogen and oxygen atoms in total. The zero-order valence-electron chi connectivity index (χ0n) is 12.9. The second-order valence-electron chi connectivity index (χ2n) is 5.85. The van der Waals surface area contributed by atoms with Crippen LogP contribution in [0.1, 0.15) is 49.9 Å². The number of carbonyl (C=O) groups is 2. The maximum absolute atomic E-state index is 12.4. The average molecular weight is 288 g/mol. The van der Waals surface area contributed by atoms with E-state index in [1.807, 2.05) is 11.8 Å². The van der Waals surface area contributed by atoms with Crippen LogP contribution in [-0.2, 0) is 4.79 Å². The number of nitrogens with one attached hydrogen (secondary N) is 1. The predicted octanol–water partition coefficient (Wildman–Crippen LogP) is 3.30. The van der Waals surface area contributed by atoms with Gasteiger partial charge in [0.25, 0.3) is 5.91 Å². The fourth-order valence-electron chi connectivity index (χ4n) is 2.54. The van der Waals surface area contributed by atoms with Crippen molar-refractivity contribution in [3.8, 4) is 0 Å². The molecule has 2 rings (SSSR count). The third kappa shape index (κ3) is 4.31. The highest BCUT2D eigenvalue weighted by molar-refractivity contribution is 5.95. The molecule has 0 unspecified atom stereocenters. The van der Waals surface area contributed by atoms with Gasteiger partial charge in [0.1, 0.15) is 0 Å². The molecule has 1 fully saturated rings. The minimum Gasteiger partial charge on any atom is -0.339 e. The fourth-order valence-corrected chi connectivity index (χ4v) is 2.54. The molecule has 0 radical (unpaired) electrons. The number of nitrogens with zero attached hydrogens (tertiary/aromatic N) is 1. The largest absolute Gasteiger partial charge is 0.339 e. The quantitative estimate of drug-likeness (QED) is 0.924. The lowest BCUT2D eigenvalue weighted by Gasteiger charge is -2.30. The second-order valence-corrected chi connectivity index (χ2v) is 5.85. The van der Waals surface area contributed by atoms with E-state index < -0.39 is 0 Å². The highest BCUT2D eigenvalue weighted by Crippen LogP contribution is 2.19. The molecule has 1 aromatic carbocycles. The summed E-state index contributed by atoms with van der Waals surface area (Å²) in [5.74, 6) is 0.820. The van der Waals surface area contributed by atoms with Crippen molar-refractivity contribution in [1.82, 2.24) is 4.90 Å². The minimum atomic E-state index is 0.0154. The Morgan fingerprint density at radius 1 is 1.19 bits per heavy atom. The minimum absolute atomic E-state index is 0.0154. The second kappa shape index (κ2) is 7.25. The van der Waals surface area contributed by atoms with E-state index in [0.717, 1.165) is 38.0 Å². The molecule has 1 heterocycles. The van der Waals surface area contributed by atoms with Gasteiger partial charge in [-0.3, -0.25) is 9.59 Å². The normalized spacial score (nSPS) is 15.8. The molecule has 0 aromatic heterocycles. The van der Waals surface area contributed by atoms with Gasteiger partial charge in [-0.25, -0.2) is 0 Å². The molecule has 0 saturated carbocycles. The van der Waals surface area contributed by atoms with E-state index in [4.69, 9.17) is 0 Å². The third-order valence-electron chi connectivity index (χ3n) is 3.96. The molecule has 1 aromatic rings. The van der Waals surface area contributed by atoms with Crippen LogP contribution in [-0.4, -0.2) is 29.8 Å². The summed E-state index contributed by atoms with van der Waals surface area (Å²) >= 11 is 0. The standard InChI is InChI=1S/C17H24N2O2/c1-3-4-16(20)18-15-7-5-14(6-8-15)17(21)19-11-9-13(2)10-12-19/h5-8,13H,3-4,9-12H2,1-2H3,(H,18,20). The molecule has 0 atom stereocenters. The molecule has 0 bridgehead atoms. The third-order valence-corrected chi connectivity index (χ3v) is 3.96. The van der Waals surface area contributed by atoms with Crippen molar-refractivity contribution in [2.24, 2.45) is 5.92 Å². The Bertz CT molecular complexity index is 488. The molecule has 114 valence electrons. The van der Waals surface area contributed by atoms with E-state index in [0.29, 0.717) is 17.9 Å². The summed E-state index contributed by atoms with van der Waals surface area (Å²) in [7, 11) is 0. The van der Waals surface area contributed by atoms with E-state index in [1.54, 1.807) is 24.3 Å². The number of likely N-dealkylation sites (tertiary alicyclic amines) is 1. The monoisotopic (exact) mass is 288 g/mol. The molecule has 1 aliphatic rings. The van der Waals surface area contributed by atoms with Crippen LogP contribution in [0.25, 0.3) is 0 Å². The van der Waals surface area contributed by atoms with Crippen LogP contribution in [0.4, 0.5) is 5.69 Å². The zero-order valence-corrected chi connectivity index (χ0v) is 12.9. The van der Waals surface area contributed by atoms with Gasteiger partial charge >= 0.3 is 0 Å². The van der Waals surface area contributed by atoms with E-state index in [9.17, 15) is 9.59 Å². The number of piperidine rings is 1. The van der Waals surface area contributed by atoms with Crippen molar-refractivity contribution >= 4 is 17.5 Å². The van der Waals surface area contributed by atoms with Gasteiger partial charge in [-0.05, 0) is 49.4 Å². The first kappa shape index (κ1) is 15.5. The smallest absolute Gasteiger partial charge is 0.253 e. The number of hydrogen-bond acceptors (Lipinski definition) is 2. The maximum Gasteiger partial charge on any atom is 0.253 e. The fraction of sp³-hybridized carbons (Fsp3) is 0.529. The number of amides is 2. The molecule has 0 aliphatic carbocycles. The van der Waals surface area contributed by atoms with E-state index in [-0.39, 0.29) is 11.8 Å². The Balaban J connectivity index is 1.95. The Hall–Kier alpha value is -1.84. The van der Waals surface area contributed by atoms with E-state index in [2.05, 4.69) is 12.2 Å². The van der Waals surface area contributed by atoms with Gasteiger partial charge in [0.2, 0.25) is 5.91 Å². The summed E-state index contributed by atoms with van der Waals surface area (Å²) in [5.41, 5.74) is 1.44. The van der Waals surface area contributed by atoms with Crippen LogP contribution in [0.2, 0.25) is 0 Å². The van der Waals surface area contributed by atoms with Crippen LogP contribution < -0.4 is 5.32 Å². The van der Waals surface area contributed by atoms with Gasteiger partial charge < -0.3 is 10.2 Å². The van der Waals surface area contributed by atoms with Crippen LogP contribution in [0.15, 0.2) is 24.3 Å². The van der Waals surface area contributed by atoms with E-state index >= 15 is 0 Å². The summed E-state index contributed by atoms with van der Waals surface area (Å²) in [6.45, 7) is 5.89. The molecule has 1 aliphatic heterocycles. The lowest BCUT2D eigenvalue weighted by atomic mass is 9.98. The highest BCUT2D eigenvalue weighted by Gasteiger charge is 2.21. The van der Waals surface area contributed by atoms with Gasteiger partial charge in [-0.1, -0.05) is 13.8 Å². The molecule has 4 heteroatoms. The maximum atomic E-state index is 12.4. The highest BCUT2D eigenvalue weighted by atomic mass is 16.2. The van der Waals surface area contributed by atoms with Gasteiger partial charge in [0, 0.05) is 30.8 Å². The van der Waals surface area contributed by atoms with Crippen molar-refractivity contribution in [1.29, 1.82) is 0 Å². The van der Waals surface area contributed by atoms with Crippen LogP contribution in [0, 0.1) is 5.92 Å². The molecular formula is C17H24N2O2. The SMILES string of the molecule is CCCC(=O)Nc1ccc(C(=O)N2CCC(C)CC2)cc1. The van der Waals surface area contributed by atoms with Crippen LogP contribution in [0.3, 0.4) is 0 Å². The number of hydrogen-bond donors (Lipinski definition) is 1. The molecule has 1 N–H and O–H groups in total. The number of carbonyl (C=O) groups excluding carboxylic acids is 2. The van der Waals surface area contributed by atoms with Crippen molar-refractivity contribution in [2.75, 3.05) is 18.4 Å². The average Bonchev–Trinajstić information content (AvgIpc) is 2.48. The van der Waals surface area contributed by atoms with Crippen molar-refractivity contribution in [3.05, 3.63) is 29.8 Å². The number of benzene rings is 1. The first-order chi connectivity index (χ1) is 10.1.